The van der Waals surface area contributed by atoms with E-state index in [2.05, 4.69) is 0 Å². The normalized spacial score (nSPS) is 11.2. The highest BCUT2D eigenvalue weighted by molar-refractivity contribution is 6.28. The average Bonchev–Trinajstić information content (AvgIpc) is 2.68. The second-order valence-corrected chi connectivity index (χ2v) is 7.67. The standard InChI is InChI=1S/C26H20O4/c1-13(27)23-21-11-19-9-17-7-5-6-8-18(17)10-20(19)12-22(21)24(14(2)28)26(16(4)30)25(23)15(3)29/h5-12H,1-4H3. The van der Waals surface area contributed by atoms with Crippen LogP contribution >= 0.6 is 0 Å². The zero-order valence-corrected chi connectivity index (χ0v) is 17.3. The third kappa shape index (κ3) is 2.92. The van der Waals surface area contributed by atoms with Gasteiger partial charge in [0.15, 0.2) is 23.1 Å². The number of hydrogen-bond donors (Lipinski definition) is 0. The Morgan fingerprint density at radius 3 is 1.10 bits per heavy atom. The van der Waals surface area contributed by atoms with Crippen LogP contribution in [0.5, 0.6) is 0 Å². The minimum absolute atomic E-state index is 0.0350. The summed E-state index contributed by atoms with van der Waals surface area (Å²) in [5, 5.41) is 4.92. The topological polar surface area (TPSA) is 68.3 Å². The Bertz CT molecular complexity index is 1330. The molecular weight excluding hydrogens is 376 g/mol. The number of fused-ring (bicyclic) bond motifs is 3. The van der Waals surface area contributed by atoms with Crippen molar-refractivity contribution in [2.75, 3.05) is 0 Å². The molecule has 0 radical (unpaired) electrons. The molecule has 0 aliphatic rings. The molecular formula is C26H20O4. The summed E-state index contributed by atoms with van der Waals surface area (Å²) >= 11 is 0. The van der Waals surface area contributed by atoms with Gasteiger partial charge < -0.3 is 0 Å². The Labute approximate surface area is 173 Å². The lowest BCUT2D eigenvalue weighted by atomic mass is 9.82. The maximum Gasteiger partial charge on any atom is 0.161 e. The fourth-order valence-corrected chi connectivity index (χ4v) is 4.36. The average molecular weight is 396 g/mol. The third-order valence-electron chi connectivity index (χ3n) is 5.54. The van der Waals surface area contributed by atoms with Crippen LogP contribution in [0.25, 0.3) is 32.3 Å². The molecule has 0 saturated heterocycles. The van der Waals surface area contributed by atoms with Crippen molar-refractivity contribution in [1.82, 2.24) is 0 Å². The summed E-state index contributed by atoms with van der Waals surface area (Å²) in [4.78, 5) is 50.4. The van der Waals surface area contributed by atoms with Crippen LogP contribution in [0.1, 0.15) is 69.1 Å². The highest BCUT2D eigenvalue weighted by Gasteiger charge is 2.28. The number of hydrogen-bond acceptors (Lipinski definition) is 4. The number of carbonyl (C=O) groups excluding carboxylic acids is 4. The van der Waals surface area contributed by atoms with Crippen LogP contribution in [0.4, 0.5) is 0 Å². The Morgan fingerprint density at radius 2 is 0.800 bits per heavy atom. The van der Waals surface area contributed by atoms with Gasteiger partial charge in [-0.05, 0) is 84.3 Å². The fourth-order valence-electron chi connectivity index (χ4n) is 4.36. The zero-order chi connectivity index (χ0) is 21.7. The Kier molecular flexibility index (Phi) is 4.58. The molecule has 0 N–H and O–H groups in total. The van der Waals surface area contributed by atoms with Gasteiger partial charge in [0, 0.05) is 22.3 Å². The fraction of sp³-hybridized carbons (Fsp3) is 0.154. The van der Waals surface area contributed by atoms with Gasteiger partial charge in [-0.15, -0.1) is 0 Å². The SMILES string of the molecule is CC(=O)c1c(C(C)=O)c(C(C)=O)c2cc3cc4ccccc4cc3cc2c1C(C)=O. The molecule has 0 aliphatic heterocycles. The van der Waals surface area contributed by atoms with Crippen molar-refractivity contribution in [1.29, 1.82) is 0 Å². The lowest BCUT2D eigenvalue weighted by molar-refractivity contribution is 0.0960. The smallest absolute Gasteiger partial charge is 0.161 e. The largest absolute Gasteiger partial charge is 0.294 e. The summed E-state index contributed by atoms with van der Waals surface area (Å²) < 4.78 is 0. The van der Waals surface area contributed by atoms with Gasteiger partial charge >= 0.3 is 0 Å². The first-order valence-electron chi connectivity index (χ1n) is 9.70. The van der Waals surface area contributed by atoms with E-state index in [9.17, 15) is 19.2 Å². The van der Waals surface area contributed by atoms with E-state index >= 15 is 0 Å². The molecule has 0 spiro atoms. The van der Waals surface area contributed by atoms with Gasteiger partial charge in [0.05, 0.1) is 0 Å². The molecule has 0 unspecified atom stereocenters. The van der Waals surface area contributed by atoms with E-state index < -0.39 is 11.6 Å². The quantitative estimate of drug-likeness (QED) is 0.315. The van der Waals surface area contributed by atoms with Gasteiger partial charge in [0.1, 0.15) is 0 Å². The predicted octanol–water partition coefficient (Wildman–Crippen LogP) is 5.96. The van der Waals surface area contributed by atoms with E-state index in [1.165, 1.54) is 27.7 Å². The van der Waals surface area contributed by atoms with E-state index in [1.54, 1.807) is 0 Å². The summed E-state index contributed by atoms with van der Waals surface area (Å²) in [6.45, 7) is 5.39. The summed E-state index contributed by atoms with van der Waals surface area (Å²) in [7, 11) is 0. The summed E-state index contributed by atoms with van der Waals surface area (Å²) in [6.07, 6.45) is 0. The van der Waals surface area contributed by atoms with Crippen LogP contribution in [0, 0.1) is 0 Å². The van der Waals surface area contributed by atoms with E-state index in [0.717, 1.165) is 21.5 Å². The van der Waals surface area contributed by atoms with Crippen molar-refractivity contribution >= 4 is 55.5 Å². The number of ketones is 4. The molecule has 0 bridgehead atoms. The van der Waals surface area contributed by atoms with Crippen LogP contribution in [0.2, 0.25) is 0 Å². The number of benzene rings is 4. The summed E-state index contributed by atoms with van der Waals surface area (Å²) in [6, 6.07) is 15.7. The highest BCUT2D eigenvalue weighted by Crippen LogP contribution is 2.36. The maximum atomic E-state index is 12.6. The molecule has 4 heteroatoms. The third-order valence-corrected chi connectivity index (χ3v) is 5.54. The zero-order valence-electron chi connectivity index (χ0n) is 17.3. The number of carbonyl (C=O) groups is 4. The predicted molar refractivity (Wildman–Crippen MR) is 119 cm³/mol. The van der Waals surface area contributed by atoms with Gasteiger partial charge in [-0.2, -0.15) is 0 Å². The Hall–Kier alpha value is -3.66. The van der Waals surface area contributed by atoms with E-state index in [1.807, 2.05) is 48.5 Å². The molecule has 0 aliphatic carbocycles. The minimum Gasteiger partial charge on any atom is -0.294 e. The lowest BCUT2D eigenvalue weighted by Gasteiger charge is -2.18. The second-order valence-electron chi connectivity index (χ2n) is 7.67. The van der Waals surface area contributed by atoms with Crippen LogP contribution in [0.15, 0.2) is 48.5 Å². The molecule has 0 atom stereocenters. The number of rotatable bonds is 4. The van der Waals surface area contributed by atoms with Crippen molar-refractivity contribution in [3.05, 3.63) is 70.8 Å². The molecule has 0 amide bonds. The Balaban J connectivity index is 2.33. The number of Topliss-reactive ketones (excluding diaryl/α,β-unsaturated/α-hetero) is 4. The Morgan fingerprint density at radius 1 is 0.467 bits per heavy atom. The van der Waals surface area contributed by atoms with Gasteiger partial charge in [0.2, 0.25) is 0 Å². The molecule has 4 aromatic carbocycles. The molecule has 0 fully saturated rings. The first-order valence-corrected chi connectivity index (χ1v) is 9.70. The van der Waals surface area contributed by atoms with Crippen LogP contribution in [-0.4, -0.2) is 23.1 Å². The van der Waals surface area contributed by atoms with Crippen LogP contribution in [0.3, 0.4) is 0 Å². The summed E-state index contributed by atoms with van der Waals surface area (Å²) in [5.74, 6) is -1.45. The molecule has 30 heavy (non-hydrogen) atoms. The van der Waals surface area contributed by atoms with Crippen molar-refractivity contribution in [2.45, 2.75) is 27.7 Å². The maximum absolute atomic E-state index is 12.6. The van der Waals surface area contributed by atoms with Gasteiger partial charge in [0.25, 0.3) is 0 Å². The van der Waals surface area contributed by atoms with Gasteiger partial charge in [-0.25, -0.2) is 0 Å². The molecule has 0 aromatic heterocycles. The molecule has 148 valence electrons. The van der Waals surface area contributed by atoms with E-state index in [4.69, 9.17) is 0 Å². The summed E-state index contributed by atoms with van der Waals surface area (Å²) in [5.41, 5.74) is 0.464. The van der Waals surface area contributed by atoms with Crippen LogP contribution in [-0.2, 0) is 0 Å². The van der Waals surface area contributed by atoms with Gasteiger partial charge in [-0.3, -0.25) is 19.2 Å². The highest BCUT2D eigenvalue weighted by atomic mass is 16.1. The van der Waals surface area contributed by atoms with Crippen molar-refractivity contribution in [3.8, 4) is 0 Å². The van der Waals surface area contributed by atoms with Crippen molar-refractivity contribution in [3.63, 3.8) is 0 Å². The monoisotopic (exact) mass is 396 g/mol. The van der Waals surface area contributed by atoms with E-state index in [0.29, 0.717) is 10.8 Å². The second kappa shape index (κ2) is 6.99. The molecule has 0 heterocycles. The lowest BCUT2D eigenvalue weighted by Crippen LogP contribution is -2.17. The molecule has 4 nitrogen and oxygen atoms in total. The van der Waals surface area contributed by atoms with Crippen molar-refractivity contribution in [2.24, 2.45) is 0 Å². The molecule has 0 saturated carbocycles. The molecule has 4 aromatic rings. The first kappa shape index (κ1) is 19.6. The van der Waals surface area contributed by atoms with Crippen LogP contribution < -0.4 is 0 Å². The minimum atomic E-state index is -0.409. The van der Waals surface area contributed by atoms with Gasteiger partial charge in [-0.1, -0.05) is 24.3 Å². The van der Waals surface area contributed by atoms with E-state index in [-0.39, 0.29) is 33.8 Å². The molecule has 4 rings (SSSR count). The first-order chi connectivity index (χ1) is 14.2. The van der Waals surface area contributed by atoms with Crippen molar-refractivity contribution < 1.29 is 19.2 Å².